The quantitative estimate of drug-likeness (QED) is 0.497. The molecule has 1 aromatic rings. The lowest BCUT2D eigenvalue weighted by atomic mass is 9.84. The first-order valence-corrected chi connectivity index (χ1v) is 11.2. The van der Waals surface area contributed by atoms with Crippen LogP contribution in [0.15, 0.2) is 12.1 Å². The zero-order chi connectivity index (χ0) is 18.4. The molecule has 142 valence electrons. The molecule has 1 aromatic carbocycles. The Morgan fingerprint density at radius 1 is 0.923 bits per heavy atom. The predicted octanol–water partition coefficient (Wildman–Crippen LogP) is 7.05. The van der Waals surface area contributed by atoms with Crippen molar-refractivity contribution in [3.63, 3.8) is 0 Å². The largest absolute Gasteiger partial charge is 0.290 e. The van der Waals surface area contributed by atoms with Crippen LogP contribution < -0.4 is 0 Å². The molecule has 26 heavy (non-hydrogen) atoms. The van der Waals surface area contributed by atoms with E-state index in [-0.39, 0.29) is 0 Å². The Bertz CT molecular complexity index is 623. The highest BCUT2D eigenvalue weighted by atomic mass is 35.5. The fraction of sp³-hybridized carbons (Fsp3) is 0.652. The molecule has 1 nitrogen and oxygen atoms in total. The van der Waals surface area contributed by atoms with Gasteiger partial charge in [-0.3, -0.25) is 4.90 Å². The molecule has 0 aromatic heterocycles. The molecule has 0 atom stereocenters. The van der Waals surface area contributed by atoms with E-state index in [0.29, 0.717) is 12.0 Å². The molecule has 0 bridgehead atoms. The number of halogens is 2. The molecule has 0 amide bonds. The molecule has 0 spiro atoms. The molecule has 0 heterocycles. The molecular weight excluding hydrogens is 361 g/mol. The van der Waals surface area contributed by atoms with Crippen LogP contribution in [-0.4, -0.2) is 24.0 Å². The monoisotopic (exact) mass is 391 g/mol. The highest BCUT2D eigenvalue weighted by molar-refractivity contribution is 6.36. The number of hydrogen-bond acceptors (Lipinski definition) is 1. The van der Waals surface area contributed by atoms with Crippen molar-refractivity contribution in [1.82, 2.24) is 4.90 Å². The van der Waals surface area contributed by atoms with Crippen molar-refractivity contribution >= 4 is 23.2 Å². The van der Waals surface area contributed by atoms with Crippen molar-refractivity contribution in [2.24, 2.45) is 0 Å². The van der Waals surface area contributed by atoms with Crippen LogP contribution in [0.25, 0.3) is 0 Å². The van der Waals surface area contributed by atoms with Gasteiger partial charge < -0.3 is 0 Å². The fourth-order valence-corrected chi connectivity index (χ4v) is 5.42. The summed E-state index contributed by atoms with van der Waals surface area (Å²) >= 11 is 13.2. The average molecular weight is 392 g/mol. The van der Waals surface area contributed by atoms with Crippen molar-refractivity contribution in [1.29, 1.82) is 0 Å². The van der Waals surface area contributed by atoms with Crippen LogP contribution in [0.3, 0.4) is 0 Å². The molecule has 2 saturated carbocycles. The van der Waals surface area contributed by atoms with Gasteiger partial charge in [0.05, 0.1) is 6.54 Å². The molecule has 2 aliphatic carbocycles. The van der Waals surface area contributed by atoms with Crippen LogP contribution in [0.5, 0.6) is 0 Å². The summed E-state index contributed by atoms with van der Waals surface area (Å²) in [5, 5.41) is 1.60. The van der Waals surface area contributed by atoms with Gasteiger partial charge in [0.1, 0.15) is 0 Å². The van der Waals surface area contributed by atoms with Crippen LogP contribution in [0, 0.1) is 11.8 Å². The first-order chi connectivity index (χ1) is 12.7. The summed E-state index contributed by atoms with van der Waals surface area (Å²) in [6.45, 7) is 4.14. The maximum Gasteiger partial charge on any atom is 0.0607 e. The van der Waals surface area contributed by atoms with Gasteiger partial charge in [-0.25, -0.2) is 0 Å². The zero-order valence-corrected chi connectivity index (χ0v) is 17.5. The Labute approximate surface area is 169 Å². The Morgan fingerprint density at radius 2 is 1.50 bits per heavy atom. The van der Waals surface area contributed by atoms with Gasteiger partial charge in [-0.05, 0) is 55.8 Å². The molecule has 0 radical (unpaired) electrons. The molecule has 0 saturated heterocycles. The molecule has 0 unspecified atom stereocenters. The maximum absolute atomic E-state index is 6.60. The normalized spacial score (nSPS) is 19.4. The molecule has 3 heteroatoms. The van der Waals surface area contributed by atoms with Gasteiger partial charge in [0.2, 0.25) is 0 Å². The van der Waals surface area contributed by atoms with E-state index in [4.69, 9.17) is 23.2 Å². The van der Waals surface area contributed by atoms with E-state index < -0.39 is 0 Å². The third-order valence-electron chi connectivity index (χ3n) is 6.10. The first-order valence-electron chi connectivity index (χ1n) is 10.4. The van der Waals surface area contributed by atoms with Crippen LogP contribution in [0.4, 0.5) is 0 Å². The smallest absolute Gasteiger partial charge is 0.0607 e. The lowest BCUT2D eigenvalue weighted by molar-refractivity contribution is 0.183. The third-order valence-corrected chi connectivity index (χ3v) is 6.73. The predicted molar refractivity (Wildman–Crippen MR) is 113 cm³/mol. The van der Waals surface area contributed by atoms with E-state index >= 15 is 0 Å². The van der Waals surface area contributed by atoms with Crippen LogP contribution in [-0.2, 0) is 0 Å². The standard InChI is InChI=1S/C23H31Cl2N/c1-2-26(20-13-7-4-8-14-20)15-9-10-18-16-21(24)23(22(25)17-18)19-11-5-3-6-12-19/h16-17,19-20H,2-8,11-15H2,1H3. The minimum Gasteiger partial charge on any atom is -0.290 e. The Morgan fingerprint density at radius 3 is 2.08 bits per heavy atom. The summed E-state index contributed by atoms with van der Waals surface area (Å²) < 4.78 is 0. The Hall–Kier alpha value is -0.680. The van der Waals surface area contributed by atoms with Crippen molar-refractivity contribution in [3.05, 3.63) is 33.3 Å². The van der Waals surface area contributed by atoms with E-state index in [1.807, 2.05) is 12.1 Å². The lowest BCUT2D eigenvalue weighted by Crippen LogP contribution is -2.36. The number of nitrogens with zero attached hydrogens (tertiary/aromatic N) is 1. The average Bonchev–Trinajstić information content (AvgIpc) is 2.66. The molecule has 0 aliphatic heterocycles. The summed E-state index contributed by atoms with van der Waals surface area (Å²) in [5.74, 6) is 7.18. The van der Waals surface area contributed by atoms with Gasteiger partial charge in [0.15, 0.2) is 0 Å². The minimum absolute atomic E-state index is 0.521. The second-order valence-electron chi connectivity index (χ2n) is 7.85. The summed E-state index contributed by atoms with van der Waals surface area (Å²) in [5.41, 5.74) is 2.09. The fourth-order valence-electron chi connectivity index (χ4n) is 4.63. The topological polar surface area (TPSA) is 3.24 Å². The molecule has 3 rings (SSSR count). The van der Waals surface area contributed by atoms with E-state index in [1.54, 1.807) is 0 Å². The second-order valence-corrected chi connectivity index (χ2v) is 8.66. The number of benzene rings is 1. The van der Waals surface area contributed by atoms with Crippen LogP contribution >= 0.6 is 23.2 Å². The second kappa shape index (κ2) is 10.0. The third kappa shape index (κ3) is 5.19. The van der Waals surface area contributed by atoms with E-state index in [9.17, 15) is 0 Å². The molecule has 0 N–H and O–H groups in total. The molecule has 2 aliphatic rings. The van der Waals surface area contributed by atoms with E-state index in [0.717, 1.165) is 34.3 Å². The lowest BCUT2D eigenvalue weighted by Gasteiger charge is -2.32. The van der Waals surface area contributed by atoms with Gasteiger partial charge in [-0.1, -0.05) is 80.5 Å². The SMILES string of the molecule is CCN(CC#Cc1cc(Cl)c(C2CCCCC2)c(Cl)c1)C1CCCCC1. The maximum atomic E-state index is 6.60. The first kappa shape index (κ1) is 20.1. The van der Waals surface area contributed by atoms with E-state index in [1.165, 1.54) is 64.2 Å². The highest BCUT2D eigenvalue weighted by Crippen LogP contribution is 2.40. The van der Waals surface area contributed by atoms with E-state index in [2.05, 4.69) is 23.7 Å². The molecular formula is C23H31Cl2N. The van der Waals surface area contributed by atoms with Crippen molar-refractivity contribution in [2.45, 2.75) is 83.1 Å². The number of rotatable bonds is 4. The summed E-state index contributed by atoms with van der Waals surface area (Å²) in [6.07, 6.45) is 13.1. The number of hydrogen-bond donors (Lipinski definition) is 0. The van der Waals surface area contributed by atoms with Gasteiger partial charge in [-0.15, -0.1) is 0 Å². The Balaban J connectivity index is 1.67. The zero-order valence-electron chi connectivity index (χ0n) is 16.0. The minimum atomic E-state index is 0.521. The van der Waals surface area contributed by atoms with Gasteiger partial charge in [0.25, 0.3) is 0 Å². The van der Waals surface area contributed by atoms with Crippen molar-refractivity contribution in [2.75, 3.05) is 13.1 Å². The van der Waals surface area contributed by atoms with Gasteiger partial charge in [0, 0.05) is 21.7 Å². The Kier molecular flexibility index (Phi) is 7.74. The highest BCUT2D eigenvalue weighted by Gasteiger charge is 2.21. The summed E-state index contributed by atoms with van der Waals surface area (Å²) in [7, 11) is 0. The van der Waals surface area contributed by atoms with Crippen LogP contribution in [0.2, 0.25) is 10.0 Å². The molecule has 2 fully saturated rings. The summed E-state index contributed by atoms with van der Waals surface area (Å²) in [4.78, 5) is 2.52. The van der Waals surface area contributed by atoms with Gasteiger partial charge in [-0.2, -0.15) is 0 Å². The van der Waals surface area contributed by atoms with Gasteiger partial charge >= 0.3 is 0 Å². The summed E-state index contributed by atoms with van der Waals surface area (Å²) in [6, 6.07) is 4.74. The van der Waals surface area contributed by atoms with Crippen LogP contribution in [0.1, 0.15) is 88.2 Å². The van der Waals surface area contributed by atoms with Crippen molar-refractivity contribution < 1.29 is 0 Å². The van der Waals surface area contributed by atoms with Crippen molar-refractivity contribution in [3.8, 4) is 11.8 Å².